The number of rotatable bonds is 4. The minimum atomic E-state index is -0.0269. The van der Waals surface area contributed by atoms with E-state index >= 15 is 0 Å². The van der Waals surface area contributed by atoms with Gasteiger partial charge < -0.3 is 10.5 Å². The average molecular weight is 255 g/mol. The van der Waals surface area contributed by atoms with Crippen LogP contribution in [0.5, 0.6) is 5.75 Å². The molecular formula is C16H17NO2. The van der Waals surface area contributed by atoms with Crippen LogP contribution in [0.15, 0.2) is 42.5 Å². The Kier molecular flexibility index (Phi) is 3.85. The quantitative estimate of drug-likeness (QED) is 0.674. The molecule has 98 valence electrons. The molecule has 3 heteroatoms. The zero-order chi connectivity index (χ0) is 13.8. The number of ether oxygens (including phenoxy) is 1. The van der Waals surface area contributed by atoms with Crippen molar-refractivity contribution in [2.24, 2.45) is 0 Å². The van der Waals surface area contributed by atoms with Crippen molar-refractivity contribution in [3.63, 3.8) is 0 Å². The molecule has 2 N–H and O–H groups in total. The summed E-state index contributed by atoms with van der Waals surface area (Å²) in [5.74, 6) is 0.497. The average Bonchev–Trinajstić information content (AvgIpc) is 2.47. The second-order valence-electron chi connectivity index (χ2n) is 4.34. The van der Waals surface area contributed by atoms with Crippen LogP contribution in [0.4, 0.5) is 5.69 Å². The molecule has 0 atom stereocenters. The molecule has 2 aromatic carbocycles. The third kappa shape index (κ3) is 2.76. The van der Waals surface area contributed by atoms with Gasteiger partial charge in [-0.15, -0.1) is 0 Å². The van der Waals surface area contributed by atoms with Crippen LogP contribution in [-0.2, 0) is 6.42 Å². The van der Waals surface area contributed by atoms with Crippen LogP contribution in [0, 0.1) is 0 Å². The Morgan fingerprint density at radius 2 is 1.74 bits per heavy atom. The molecule has 0 aliphatic rings. The normalized spacial score (nSPS) is 10.2. The maximum atomic E-state index is 12.3. The second-order valence-corrected chi connectivity index (χ2v) is 4.34. The van der Waals surface area contributed by atoms with E-state index < -0.39 is 0 Å². The summed E-state index contributed by atoms with van der Waals surface area (Å²) in [5.41, 5.74) is 8.73. The lowest BCUT2D eigenvalue weighted by atomic mass is 10.0. The van der Waals surface area contributed by atoms with E-state index in [1.165, 1.54) is 12.7 Å². The molecule has 0 fully saturated rings. The first-order chi connectivity index (χ1) is 9.15. The van der Waals surface area contributed by atoms with Crippen molar-refractivity contribution in [3.05, 3.63) is 59.2 Å². The molecule has 2 rings (SSSR count). The predicted octanol–water partition coefficient (Wildman–Crippen LogP) is 3.07. The minimum Gasteiger partial charge on any atom is -0.495 e. The summed E-state index contributed by atoms with van der Waals surface area (Å²) in [7, 11) is 1.54. The van der Waals surface area contributed by atoms with Crippen LogP contribution in [0.1, 0.15) is 28.4 Å². The molecule has 0 saturated carbocycles. The smallest absolute Gasteiger partial charge is 0.193 e. The lowest BCUT2D eigenvalue weighted by Gasteiger charge is -2.07. The molecule has 19 heavy (non-hydrogen) atoms. The van der Waals surface area contributed by atoms with E-state index in [9.17, 15) is 4.79 Å². The third-order valence-corrected chi connectivity index (χ3v) is 3.12. The molecule has 0 aliphatic heterocycles. The van der Waals surface area contributed by atoms with E-state index in [2.05, 4.69) is 6.92 Å². The van der Waals surface area contributed by atoms with Crippen LogP contribution in [0.2, 0.25) is 0 Å². The Morgan fingerprint density at radius 3 is 2.32 bits per heavy atom. The summed E-state index contributed by atoms with van der Waals surface area (Å²) >= 11 is 0. The highest BCUT2D eigenvalue weighted by atomic mass is 16.5. The predicted molar refractivity (Wildman–Crippen MR) is 76.7 cm³/mol. The lowest BCUT2D eigenvalue weighted by Crippen LogP contribution is -2.03. The number of carbonyl (C=O) groups is 1. The summed E-state index contributed by atoms with van der Waals surface area (Å²) in [4.78, 5) is 12.3. The molecule has 0 radical (unpaired) electrons. The number of hydrogen-bond acceptors (Lipinski definition) is 3. The molecule has 0 bridgehead atoms. The number of aryl methyl sites for hydroxylation is 1. The molecule has 3 nitrogen and oxygen atoms in total. The molecule has 0 amide bonds. The first kappa shape index (κ1) is 13.1. The third-order valence-electron chi connectivity index (χ3n) is 3.12. The highest BCUT2D eigenvalue weighted by Gasteiger charge is 2.11. The van der Waals surface area contributed by atoms with Crippen molar-refractivity contribution in [2.45, 2.75) is 13.3 Å². The van der Waals surface area contributed by atoms with Crippen molar-refractivity contribution in [1.29, 1.82) is 0 Å². The van der Waals surface area contributed by atoms with E-state index in [1.807, 2.05) is 24.3 Å². The number of methoxy groups -OCH3 is 1. The van der Waals surface area contributed by atoms with Gasteiger partial charge in [-0.2, -0.15) is 0 Å². The summed E-state index contributed by atoms with van der Waals surface area (Å²) in [5, 5.41) is 0. The Hall–Kier alpha value is -2.29. The van der Waals surface area contributed by atoms with Crippen LogP contribution in [0.25, 0.3) is 0 Å². The van der Waals surface area contributed by atoms with Crippen LogP contribution in [0.3, 0.4) is 0 Å². The summed E-state index contributed by atoms with van der Waals surface area (Å²) in [6.45, 7) is 2.08. The Bertz CT molecular complexity index is 588. The molecule has 0 unspecified atom stereocenters. The largest absolute Gasteiger partial charge is 0.495 e. The molecule has 0 aromatic heterocycles. The maximum Gasteiger partial charge on any atom is 0.193 e. The van der Waals surface area contributed by atoms with Crippen molar-refractivity contribution in [1.82, 2.24) is 0 Å². The number of ketones is 1. The van der Waals surface area contributed by atoms with E-state index in [4.69, 9.17) is 10.5 Å². The van der Waals surface area contributed by atoms with Gasteiger partial charge in [-0.25, -0.2) is 0 Å². The fourth-order valence-corrected chi connectivity index (χ4v) is 1.91. The summed E-state index contributed by atoms with van der Waals surface area (Å²) < 4.78 is 5.13. The van der Waals surface area contributed by atoms with Crippen molar-refractivity contribution < 1.29 is 9.53 Å². The second kappa shape index (κ2) is 5.57. The first-order valence-corrected chi connectivity index (χ1v) is 6.23. The fraction of sp³-hybridized carbons (Fsp3) is 0.188. The van der Waals surface area contributed by atoms with E-state index in [1.54, 1.807) is 18.2 Å². The SMILES string of the molecule is CCc1ccc(C(=O)c2ccc(N)c(OC)c2)cc1. The van der Waals surface area contributed by atoms with Crippen molar-refractivity contribution in [2.75, 3.05) is 12.8 Å². The fourth-order valence-electron chi connectivity index (χ4n) is 1.91. The van der Waals surface area contributed by atoms with Crippen molar-refractivity contribution >= 4 is 11.5 Å². The highest BCUT2D eigenvalue weighted by Crippen LogP contribution is 2.23. The van der Waals surface area contributed by atoms with E-state index in [-0.39, 0.29) is 5.78 Å². The zero-order valence-electron chi connectivity index (χ0n) is 11.1. The molecule has 0 spiro atoms. The van der Waals surface area contributed by atoms with Crippen molar-refractivity contribution in [3.8, 4) is 5.75 Å². The standard InChI is InChI=1S/C16H17NO2/c1-3-11-4-6-12(7-5-11)16(18)13-8-9-14(17)15(10-13)19-2/h4-10H,3,17H2,1-2H3. The van der Waals surface area contributed by atoms with Gasteiger partial charge in [0.1, 0.15) is 5.75 Å². The molecule has 0 heterocycles. The first-order valence-electron chi connectivity index (χ1n) is 6.23. The van der Waals surface area contributed by atoms with Crippen LogP contribution >= 0.6 is 0 Å². The van der Waals surface area contributed by atoms with Gasteiger partial charge in [-0.3, -0.25) is 4.79 Å². The van der Waals surface area contributed by atoms with Gasteiger partial charge in [0.25, 0.3) is 0 Å². The van der Waals surface area contributed by atoms with Gasteiger partial charge >= 0.3 is 0 Å². The van der Waals surface area contributed by atoms with E-state index in [0.29, 0.717) is 22.6 Å². The number of benzene rings is 2. The van der Waals surface area contributed by atoms with Gasteiger partial charge in [0.05, 0.1) is 12.8 Å². The van der Waals surface area contributed by atoms with Crippen LogP contribution < -0.4 is 10.5 Å². The van der Waals surface area contributed by atoms with E-state index in [0.717, 1.165) is 6.42 Å². The van der Waals surface area contributed by atoms with Gasteiger partial charge in [0.15, 0.2) is 5.78 Å². The summed E-state index contributed by atoms with van der Waals surface area (Å²) in [6.07, 6.45) is 0.962. The maximum absolute atomic E-state index is 12.3. The van der Waals surface area contributed by atoms with Crippen LogP contribution in [-0.4, -0.2) is 12.9 Å². The number of nitrogen functional groups attached to an aromatic ring is 1. The molecular weight excluding hydrogens is 238 g/mol. The number of nitrogens with two attached hydrogens (primary N) is 1. The highest BCUT2D eigenvalue weighted by molar-refractivity contribution is 6.09. The zero-order valence-corrected chi connectivity index (χ0v) is 11.1. The Balaban J connectivity index is 2.32. The van der Waals surface area contributed by atoms with Gasteiger partial charge in [-0.1, -0.05) is 31.2 Å². The number of anilines is 1. The van der Waals surface area contributed by atoms with Gasteiger partial charge in [0, 0.05) is 11.1 Å². The minimum absolute atomic E-state index is 0.0269. The Morgan fingerprint density at radius 1 is 1.11 bits per heavy atom. The monoisotopic (exact) mass is 255 g/mol. The molecule has 2 aromatic rings. The summed E-state index contributed by atoms with van der Waals surface area (Å²) in [6, 6.07) is 12.7. The number of carbonyl (C=O) groups excluding carboxylic acids is 1. The number of hydrogen-bond donors (Lipinski definition) is 1. The Labute approximate surface area is 113 Å². The lowest BCUT2D eigenvalue weighted by molar-refractivity contribution is 0.103. The topological polar surface area (TPSA) is 52.3 Å². The molecule has 0 aliphatic carbocycles. The molecule has 0 saturated heterocycles. The van der Waals surface area contributed by atoms with Gasteiger partial charge in [-0.05, 0) is 30.2 Å². The van der Waals surface area contributed by atoms with Gasteiger partial charge in [0.2, 0.25) is 0 Å².